The Balaban J connectivity index is 1.46. The molecule has 146 valence electrons. The second-order valence-electron chi connectivity index (χ2n) is 7.39. The largest absolute Gasteiger partial charge is 0.504 e. The highest BCUT2D eigenvalue weighted by molar-refractivity contribution is 5.96. The van der Waals surface area contributed by atoms with Gasteiger partial charge in [-0.1, -0.05) is 6.07 Å². The summed E-state index contributed by atoms with van der Waals surface area (Å²) in [6, 6.07) is 6.32. The molecule has 2 fully saturated rings. The van der Waals surface area contributed by atoms with Crippen LogP contribution >= 0.6 is 0 Å². The Morgan fingerprint density at radius 3 is 2.68 bits per heavy atom. The van der Waals surface area contributed by atoms with Crippen LogP contribution in [-0.4, -0.2) is 53.4 Å². The fraction of sp³-hybridized carbons (Fsp3) is 0.381. The summed E-state index contributed by atoms with van der Waals surface area (Å²) in [6.45, 7) is 3.16. The van der Waals surface area contributed by atoms with Gasteiger partial charge in [0.05, 0.1) is 5.56 Å². The Morgan fingerprint density at radius 2 is 2.00 bits per heavy atom. The van der Waals surface area contributed by atoms with Crippen LogP contribution in [0.3, 0.4) is 0 Å². The minimum atomic E-state index is -0.967. The van der Waals surface area contributed by atoms with E-state index in [2.05, 4.69) is 16.0 Å². The number of aldehydes is 1. The maximum atomic E-state index is 13.8. The molecule has 1 atom stereocenters. The highest BCUT2D eigenvalue weighted by Gasteiger charge is 2.29. The summed E-state index contributed by atoms with van der Waals surface area (Å²) < 4.78 is 13.8. The van der Waals surface area contributed by atoms with Gasteiger partial charge in [0, 0.05) is 43.9 Å². The minimum Gasteiger partial charge on any atom is -0.504 e. The van der Waals surface area contributed by atoms with E-state index in [-0.39, 0.29) is 23.0 Å². The molecule has 28 heavy (non-hydrogen) atoms. The molecule has 1 aromatic heterocycles. The van der Waals surface area contributed by atoms with E-state index in [1.165, 1.54) is 18.9 Å². The van der Waals surface area contributed by atoms with Crippen molar-refractivity contribution in [1.29, 1.82) is 0 Å². The van der Waals surface area contributed by atoms with Gasteiger partial charge >= 0.3 is 0 Å². The predicted molar refractivity (Wildman–Crippen MR) is 102 cm³/mol. The standard InChI is InChI=1S/C21H22FN3O3/c22-18-10-16(9-17(13-26)20(18)27)21(28)25-8-5-15(12-25)14-3-4-19(23-11-14)24-6-1-2-7-24/h3-4,9-11,13,15,27H,1-2,5-8,12H2. The van der Waals surface area contributed by atoms with Crippen molar-refractivity contribution in [3.05, 3.63) is 53.0 Å². The SMILES string of the molecule is O=Cc1cc(C(=O)N2CCC(c3ccc(N4CCCC4)nc3)C2)cc(F)c1O. The first kappa shape index (κ1) is 18.4. The zero-order valence-corrected chi connectivity index (χ0v) is 15.5. The third kappa shape index (κ3) is 3.44. The van der Waals surface area contributed by atoms with Crippen LogP contribution < -0.4 is 4.90 Å². The summed E-state index contributed by atoms with van der Waals surface area (Å²) in [4.78, 5) is 32.2. The number of phenols is 1. The summed E-state index contributed by atoms with van der Waals surface area (Å²) in [5.41, 5.74) is 0.935. The van der Waals surface area contributed by atoms with E-state index < -0.39 is 11.6 Å². The Bertz CT molecular complexity index is 895. The lowest BCUT2D eigenvalue weighted by atomic mass is 10.0. The van der Waals surface area contributed by atoms with Crippen LogP contribution in [-0.2, 0) is 0 Å². The van der Waals surface area contributed by atoms with Gasteiger partial charge in [0.25, 0.3) is 5.91 Å². The third-order valence-corrected chi connectivity index (χ3v) is 5.61. The summed E-state index contributed by atoms with van der Waals surface area (Å²) in [7, 11) is 0. The Labute approximate surface area is 162 Å². The number of aromatic nitrogens is 1. The number of nitrogens with zero attached hydrogens (tertiary/aromatic N) is 3. The summed E-state index contributed by atoms with van der Waals surface area (Å²) in [6.07, 6.45) is 5.43. The fourth-order valence-corrected chi connectivity index (χ4v) is 4.01. The predicted octanol–water partition coefficient (Wildman–Crippen LogP) is 2.97. The van der Waals surface area contributed by atoms with Crippen LogP contribution in [0.4, 0.5) is 10.2 Å². The van der Waals surface area contributed by atoms with Crippen molar-refractivity contribution in [2.45, 2.75) is 25.2 Å². The molecular formula is C21H22FN3O3. The molecule has 7 heteroatoms. The Morgan fingerprint density at radius 1 is 1.21 bits per heavy atom. The van der Waals surface area contributed by atoms with Gasteiger partial charge in [0.1, 0.15) is 5.82 Å². The zero-order chi connectivity index (χ0) is 19.7. The molecule has 1 amide bonds. The van der Waals surface area contributed by atoms with Crippen LogP contribution in [0.2, 0.25) is 0 Å². The van der Waals surface area contributed by atoms with Gasteiger partial charge < -0.3 is 14.9 Å². The number of phenolic OH excluding ortho intramolecular Hbond substituents is 1. The van der Waals surface area contributed by atoms with E-state index in [0.29, 0.717) is 19.4 Å². The van der Waals surface area contributed by atoms with Crippen molar-refractivity contribution in [2.24, 2.45) is 0 Å². The van der Waals surface area contributed by atoms with Crippen molar-refractivity contribution in [3.8, 4) is 5.75 Å². The van der Waals surface area contributed by atoms with Crippen molar-refractivity contribution < 1.29 is 19.1 Å². The van der Waals surface area contributed by atoms with Crippen LogP contribution in [0.1, 0.15) is 51.5 Å². The Hall–Kier alpha value is -2.96. The van der Waals surface area contributed by atoms with Gasteiger partial charge in [-0.05, 0) is 43.0 Å². The molecule has 4 rings (SSSR count). The van der Waals surface area contributed by atoms with Gasteiger partial charge in [0.2, 0.25) is 0 Å². The molecule has 2 aliphatic heterocycles. The maximum absolute atomic E-state index is 13.8. The number of carbonyl (C=O) groups is 2. The maximum Gasteiger partial charge on any atom is 0.254 e. The quantitative estimate of drug-likeness (QED) is 0.822. The third-order valence-electron chi connectivity index (χ3n) is 5.61. The lowest BCUT2D eigenvalue weighted by molar-refractivity contribution is 0.0790. The number of likely N-dealkylation sites (tertiary alicyclic amines) is 1. The van der Waals surface area contributed by atoms with Crippen LogP contribution in [0.25, 0.3) is 0 Å². The van der Waals surface area contributed by atoms with Crippen LogP contribution in [0.5, 0.6) is 5.75 Å². The van der Waals surface area contributed by atoms with Crippen molar-refractivity contribution in [3.63, 3.8) is 0 Å². The molecule has 0 spiro atoms. The van der Waals surface area contributed by atoms with Gasteiger partial charge in [-0.3, -0.25) is 9.59 Å². The fourth-order valence-electron chi connectivity index (χ4n) is 4.01. The lowest BCUT2D eigenvalue weighted by Gasteiger charge is -2.19. The number of amides is 1. The number of hydrogen-bond donors (Lipinski definition) is 1. The average molecular weight is 383 g/mol. The molecule has 0 radical (unpaired) electrons. The van der Waals surface area contributed by atoms with E-state index in [1.54, 1.807) is 4.90 Å². The summed E-state index contributed by atoms with van der Waals surface area (Å²) in [5.74, 6) is -0.865. The van der Waals surface area contributed by atoms with Crippen molar-refractivity contribution in [2.75, 3.05) is 31.1 Å². The number of pyridine rings is 1. The van der Waals surface area contributed by atoms with E-state index in [0.717, 1.165) is 37.0 Å². The Kier molecular flexibility index (Phi) is 4.98. The number of anilines is 1. The molecule has 1 aromatic carbocycles. The molecule has 0 saturated carbocycles. The minimum absolute atomic E-state index is 0.0700. The van der Waals surface area contributed by atoms with E-state index >= 15 is 0 Å². The number of rotatable bonds is 4. The molecule has 2 saturated heterocycles. The first-order valence-corrected chi connectivity index (χ1v) is 9.54. The summed E-state index contributed by atoms with van der Waals surface area (Å²) in [5, 5.41) is 9.52. The van der Waals surface area contributed by atoms with Crippen LogP contribution in [0, 0.1) is 5.82 Å². The van der Waals surface area contributed by atoms with E-state index in [4.69, 9.17) is 0 Å². The number of hydrogen-bond acceptors (Lipinski definition) is 5. The highest BCUT2D eigenvalue weighted by atomic mass is 19.1. The number of carbonyl (C=O) groups excluding carboxylic acids is 2. The summed E-state index contributed by atoms with van der Waals surface area (Å²) >= 11 is 0. The van der Waals surface area contributed by atoms with E-state index in [9.17, 15) is 19.1 Å². The molecule has 1 unspecified atom stereocenters. The highest BCUT2D eigenvalue weighted by Crippen LogP contribution is 2.30. The topological polar surface area (TPSA) is 73.7 Å². The first-order valence-electron chi connectivity index (χ1n) is 9.54. The number of benzene rings is 1. The second-order valence-corrected chi connectivity index (χ2v) is 7.39. The van der Waals surface area contributed by atoms with Crippen molar-refractivity contribution >= 4 is 18.0 Å². The normalized spacial score (nSPS) is 19.2. The monoisotopic (exact) mass is 383 g/mol. The average Bonchev–Trinajstić information content (AvgIpc) is 3.42. The van der Waals surface area contributed by atoms with Crippen LogP contribution in [0.15, 0.2) is 30.5 Å². The molecular weight excluding hydrogens is 361 g/mol. The van der Waals surface area contributed by atoms with Gasteiger partial charge in [-0.25, -0.2) is 9.37 Å². The molecule has 3 heterocycles. The van der Waals surface area contributed by atoms with Gasteiger partial charge in [-0.2, -0.15) is 0 Å². The smallest absolute Gasteiger partial charge is 0.254 e. The van der Waals surface area contributed by atoms with Gasteiger partial charge in [-0.15, -0.1) is 0 Å². The van der Waals surface area contributed by atoms with E-state index in [1.807, 2.05) is 12.3 Å². The van der Waals surface area contributed by atoms with Crippen molar-refractivity contribution in [1.82, 2.24) is 9.88 Å². The lowest BCUT2D eigenvalue weighted by Crippen LogP contribution is -2.28. The second kappa shape index (κ2) is 7.58. The zero-order valence-electron chi connectivity index (χ0n) is 15.5. The molecule has 0 bridgehead atoms. The first-order chi connectivity index (χ1) is 13.6. The molecule has 2 aliphatic rings. The number of aromatic hydroxyl groups is 1. The number of halogens is 1. The van der Waals surface area contributed by atoms with Gasteiger partial charge in [0.15, 0.2) is 17.9 Å². The molecule has 1 N–H and O–H groups in total. The molecule has 6 nitrogen and oxygen atoms in total. The molecule has 0 aliphatic carbocycles. The molecule has 2 aromatic rings.